The maximum absolute atomic E-state index is 12.1. The Morgan fingerprint density at radius 2 is 1.93 bits per heavy atom. The molecule has 0 aliphatic heterocycles. The first kappa shape index (κ1) is 10.4. The van der Waals surface area contributed by atoms with Crippen molar-refractivity contribution in [3.8, 4) is 5.75 Å². The minimum atomic E-state index is -2.79. The largest absolute Gasteiger partial charge is 0.434 e. The van der Waals surface area contributed by atoms with Gasteiger partial charge >= 0.3 is 6.61 Å². The molecule has 15 heavy (non-hydrogen) atoms. The van der Waals surface area contributed by atoms with Crippen LogP contribution in [0.4, 0.5) is 8.78 Å². The van der Waals surface area contributed by atoms with E-state index in [9.17, 15) is 8.78 Å². The lowest BCUT2D eigenvalue weighted by molar-refractivity contribution is -0.0506. The van der Waals surface area contributed by atoms with Crippen molar-refractivity contribution in [3.63, 3.8) is 0 Å². The molecule has 0 unspecified atom stereocenters. The van der Waals surface area contributed by atoms with Gasteiger partial charge in [0.2, 0.25) is 0 Å². The van der Waals surface area contributed by atoms with Gasteiger partial charge in [-0.25, -0.2) is 0 Å². The summed E-state index contributed by atoms with van der Waals surface area (Å²) < 4.78 is 28.7. The van der Waals surface area contributed by atoms with Crippen molar-refractivity contribution < 1.29 is 13.5 Å². The van der Waals surface area contributed by atoms with Crippen LogP contribution in [0.5, 0.6) is 5.75 Å². The molecule has 1 aliphatic carbocycles. The van der Waals surface area contributed by atoms with E-state index >= 15 is 0 Å². The van der Waals surface area contributed by atoms with Gasteiger partial charge in [0.25, 0.3) is 0 Å². The van der Waals surface area contributed by atoms with E-state index in [1.165, 1.54) is 6.07 Å². The highest BCUT2D eigenvalue weighted by Crippen LogP contribution is 2.42. The van der Waals surface area contributed by atoms with Crippen LogP contribution < -0.4 is 10.5 Å². The van der Waals surface area contributed by atoms with Gasteiger partial charge in [0, 0.05) is 11.6 Å². The summed E-state index contributed by atoms with van der Waals surface area (Å²) in [5.41, 5.74) is 6.63. The quantitative estimate of drug-likeness (QED) is 0.834. The second-order valence-electron chi connectivity index (χ2n) is 3.78. The minimum absolute atomic E-state index is 0.181. The molecule has 0 saturated heterocycles. The van der Waals surface area contributed by atoms with Gasteiger partial charge in [-0.3, -0.25) is 0 Å². The SMILES string of the molecule is N[C@H](c1ccccc1OC(F)F)C1CC1. The molecule has 2 rings (SSSR count). The van der Waals surface area contributed by atoms with E-state index < -0.39 is 6.61 Å². The second-order valence-corrected chi connectivity index (χ2v) is 3.78. The standard InChI is InChI=1S/C11H13F2NO/c12-11(13)15-9-4-2-1-3-8(9)10(14)7-5-6-7/h1-4,7,10-11H,5-6,14H2/t10-/m0/s1. The highest BCUT2D eigenvalue weighted by Gasteiger charge is 2.31. The van der Waals surface area contributed by atoms with Crippen LogP contribution in [0.3, 0.4) is 0 Å². The third-order valence-electron chi connectivity index (χ3n) is 2.62. The molecule has 0 amide bonds. The average Bonchev–Trinajstić information content (AvgIpc) is 3.00. The molecule has 2 nitrogen and oxygen atoms in total. The van der Waals surface area contributed by atoms with Crippen LogP contribution in [0.25, 0.3) is 0 Å². The normalized spacial score (nSPS) is 17.9. The zero-order chi connectivity index (χ0) is 10.8. The zero-order valence-corrected chi connectivity index (χ0v) is 8.20. The molecular formula is C11H13F2NO. The van der Waals surface area contributed by atoms with Crippen molar-refractivity contribution in [2.75, 3.05) is 0 Å². The Balaban J connectivity index is 2.20. The van der Waals surface area contributed by atoms with E-state index in [1.54, 1.807) is 18.2 Å². The molecule has 0 bridgehead atoms. The molecule has 2 N–H and O–H groups in total. The lowest BCUT2D eigenvalue weighted by Gasteiger charge is -2.15. The van der Waals surface area contributed by atoms with Crippen molar-refractivity contribution in [2.45, 2.75) is 25.5 Å². The number of benzene rings is 1. The molecule has 1 aromatic carbocycles. The summed E-state index contributed by atoms with van der Waals surface area (Å²) >= 11 is 0. The van der Waals surface area contributed by atoms with Gasteiger partial charge < -0.3 is 10.5 Å². The van der Waals surface area contributed by atoms with E-state index in [2.05, 4.69) is 4.74 Å². The van der Waals surface area contributed by atoms with Crippen molar-refractivity contribution in [1.82, 2.24) is 0 Å². The maximum atomic E-state index is 12.1. The first-order valence-electron chi connectivity index (χ1n) is 4.98. The third-order valence-corrected chi connectivity index (χ3v) is 2.62. The Labute approximate surface area is 87.0 Å². The molecule has 0 spiro atoms. The van der Waals surface area contributed by atoms with Gasteiger partial charge in [-0.05, 0) is 24.8 Å². The molecule has 0 heterocycles. The summed E-state index contributed by atoms with van der Waals surface area (Å²) in [6.07, 6.45) is 2.15. The lowest BCUT2D eigenvalue weighted by atomic mass is 10.0. The fraction of sp³-hybridized carbons (Fsp3) is 0.455. The predicted molar refractivity (Wildman–Crippen MR) is 52.7 cm³/mol. The number of ether oxygens (including phenoxy) is 1. The summed E-state index contributed by atoms with van der Waals surface area (Å²) in [6.45, 7) is -2.79. The van der Waals surface area contributed by atoms with Crippen molar-refractivity contribution >= 4 is 0 Å². The molecule has 82 valence electrons. The molecule has 0 radical (unpaired) electrons. The Morgan fingerprint density at radius 1 is 1.27 bits per heavy atom. The van der Waals surface area contributed by atoms with Gasteiger partial charge in [0.1, 0.15) is 5.75 Å². The monoisotopic (exact) mass is 213 g/mol. The van der Waals surface area contributed by atoms with Crippen LogP contribution in [-0.2, 0) is 0 Å². The van der Waals surface area contributed by atoms with Crippen molar-refractivity contribution in [2.24, 2.45) is 11.7 Å². The molecule has 1 aromatic rings. The molecule has 1 aliphatic rings. The molecule has 1 atom stereocenters. The fourth-order valence-electron chi connectivity index (χ4n) is 1.67. The highest BCUT2D eigenvalue weighted by molar-refractivity contribution is 5.36. The van der Waals surface area contributed by atoms with Crippen molar-refractivity contribution in [3.05, 3.63) is 29.8 Å². The topological polar surface area (TPSA) is 35.2 Å². The Morgan fingerprint density at radius 3 is 2.53 bits per heavy atom. The first-order chi connectivity index (χ1) is 7.18. The number of para-hydroxylation sites is 1. The first-order valence-corrected chi connectivity index (χ1v) is 4.98. The number of nitrogens with two attached hydrogens (primary N) is 1. The molecule has 1 fully saturated rings. The average molecular weight is 213 g/mol. The van der Waals surface area contributed by atoms with E-state index in [1.807, 2.05) is 0 Å². The number of alkyl halides is 2. The summed E-state index contributed by atoms with van der Waals surface area (Å²) in [4.78, 5) is 0. The molecule has 0 aromatic heterocycles. The van der Waals surface area contributed by atoms with Crippen LogP contribution in [0.2, 0.25) is 0 Å². The van der Waals surface area contributed by atoms with E-state index in [0.29, 0.717) is 11.5 Å². The van der Waals surface area contributed by atoms with Crippen LogP contribution in [0, 0.1) is 5.92 Å². The Bertz CT molecular complexity index is 339. The summed E-state index contributed by atoms with van der Waals surface area (Å²) in [6, 6.07) is 6.56. The molecule has 1 saturated carbocycles. The molecular weight excluding hydrogens is 200 g/mol. The molecule has 4 heteroatoms. The lowest BCUT2D eigenvalue weighted by Crippen LogP contribution is -2.15. The van der Waals surface area contributed by atoms with E-state index in [4.69, 9.17) is 5.73 Å². The maximum Gasteiger partial charge on any atom is 0.387 e. The summed E-state index contributed by atoms with van der Waals surface area (Å²) in [7, 11) is 0. The van der Waals surface area contributed by atoms with Crippen LogP contribution in [0.15, 0.2) is 24.3 Å². The minimum Gasteiger partial charge on any atom is -0.434 e. The van der Waals surface area contributed by atoms with Gasteiger partial charge in [-0.1, -0.05) is 18.2 Å². The van der Waals surface area contributed by atoms with Gasteiger partial charge in [0.05, 0.1) is 0 Å². The second kappa shape index (κ2) is 4.14. The summed E-state index contributed by atoms with van der Waals surface area (Å²) in [5.74, 6) is 0.624. The number of hydrogen-bond donors (Lipinski definition) is 1. The van der Waals surface area contributed by atoms with E-state index in [0.717, 1.165) is 12.8 Å². The van der Waals surface area contributed by atoms with Crippen molar-refractivity contribution in [1.29, 1.82) is 0 Å². The number of hydrogen-bond acceptors (Lipinski definition) is 2. The third kappa shape index (κ3) is 2.45. The Kier molecular flexibility index (Phi) is 2.86. The zero-order valence-electron chi connectivity index (χ0n) is 8.20. The van der Waals surface area contributed by atoms with Crippen LogP contribution in [-0.4, -0.2) is 6.61 Å². The van der Waals surface area contributed by atoms with Gasteiger partial charge in [0.15, 0.2) is 0 Å². The highest BCUT2D eigenvalue weighted by atomic mass is 19.3. The van der Waals surface area contributed by atoms with Crippen LogP contribution in [0.1, 0.15) is 24.4 Å². The number of rotatable bonds is 4. The predicted octanol–water partition coefficient (Wildman–Crippen LogP) is 2.70. The van der Waals surface area contributed by atoms with Crippen LogP contribution >= 0.6 is 0 Å². The summed E-state index contributed by atoms with van der Waals surface area (Å²) in [5, 5.41) is 0. The Hall–Kier alpha value is -1.16. The number of halogens is 2. The van der Waals surface area contributed by atoms with Gasteiger partial charge in [-0.15, -0.1) is 0 Å². The fourth-order valence-corrected chi connectivity index (χ4v) is 1.67. The van der Waals surface area contributed by atoms with Gasteiger partial charge in [-0.2, -0.15) is 8.78 Å². The van der Waals surface area contributed by atoms with E-state index in [-0.39, 0.29) is 11.8 Å². The smallest absolute Gasteiger partial charge is 0.387 e.